The van der Waals surface area contributed by atoms with Crippen LogP contribution in [0.3, 0.4) is 0 Å². The Labute approximate surface area is 215 Å². The van der Waals surface area contributed by atoms with E-state index in [0.717, 1.165) is 59.3 Å². The Bertz CT molecular complexity index is 1110. The highest BCUT2D eigenvalue weighted by molar-refractivity contribution is 9.11. The fourth-order valence-electron chi connectivity index (χ4n) is 3.67. The SMILES string of the molecule is CCc1c(Br)cc(C2=C(C=O)/C(=C(\NC)c3cc(Br)c(CC)c(Br)c3)C(=O)N2)cc1Br. The van der Waals surface area contributed by atoms with Gasteiger partial charge in [-0.3, -0.25) is 9.59 Å². The molecule has 1 heterocycles. The van der Waals surface area contributed by atoms with Gasteiger partial charge in [-0.2, -0.15) is 0 Å². The highest BCUT2D eigenvalue weighted by atomic mass is 79.9. The minimum Gasteiger partial charge on any atom is -0.387 e. The van der Waals surface area contributed by atoms with Crippen molar-refractivity contribution in [3.8, 4) is 0 Å². The van der Waals surface area contributed by atoms with E-state index in [9.17, 15) is 9.59 Å². The van der Waals surface area contributed by atoms with E-state index in [0.29, 0.717) is 22.5 Å². The van der Waals surface area contributed by atoms with Gasteiger partial charge in [-0.1, -0.05) is 77.6 Å². The molecule has 0 bridgehead atoms. The number of benzene rings is 2. The summed E-state index contributed by atoms with van der Waals surface area (Å²) in [5, 5.41) is 6.02. The zero-order valence-electron chi connectivity index (χ0n) is 17.1. The smallest absolute Gasteiger partial charge is 0.258 e. The van der Waals surface area contributed by atoms with Crippen LogP contribution in [0.15, 0.2) is 53.3 Å². The van der Waals surface area contributed by atoms with E-state index >= 15 is 0 Å². The number of carbonyl (C=O) groups excluding carboxylic acids is 2. The second-order valence-electron chi connectivity index (χ2n) is 6.90. The van der Waals surface area contributed by atoms with Gasteiger partial charge in [0.1, 0.15) is 0 Å². The topological polar surface area (TPSA) is 58.2 Å². The summed E-state index contributed by atoms with van der Waals surface area (Å²) in [5.41, 5.74) is 5.54. The van der Waals surface area contributed by atoms with Gasteiger partial charge in [0, 0.05) is 36.1 Å². The van der Waals surface area contributed by atoms with Gasteiger partial charge in [-0.15, -0.1) is 0 Å². The standard InChI is InChI=1S/C23H20Br4N2O2/c1-4-13-16(24)6-11(7-17(13)25)21-15(10-30)20(23(31)29-21)22(28-3)12-8-18(26)14(5-2)19(27)9-12/h6-10,28H,4-5H2,1-3H3,(H,29,31)/b22-20+. The van der Waals surface area contributed by atoms with Crippen LogP contribution >= 0.6 is 63.7 Å². The van der Waals surface area contributed by atoms with Crippen LogP contribution in [0, 0.1) is 0 Å². The number of hydrogen-bond donors (Lipinski definition) is 2. The number of halogens is 4. The highest BCUT2D eigenvalue weighted by Gasteiger charge is 2.32. The maximum absolute atomic E-state index is 13.0. The van der Waals surface area contributed by atoms with Gasteiger partial charge >= 0.3 is 0 Å². The lowest BCUT2D eigenvalue weighted by Gasteiger charge is -2.14. The number of rotatable bonds is 6. The molecule has 31 heavy (non-hydrogen) atoms. The van der Waals surface area contributed by atoms with Crippen molar-refractivity contribution >= 4 is 87.3 Å². The predicted molar refractivity (Wildman–Crippen MR) is 140 cm³/mol. The molecule has 0 radical (unpaired) electrons. The highest BCUT2D eigenvalue weighted by Crippen LogP contribution is 2.37. The molecular weight excluding hydrogens is 656 g/mol. The van der Waals surface area contributed by atoms with Crippen molar-refractivity contribution in [3.63, 3.8) is 0 Å². The van der Waals surface area contributed by atoms with Crippen LogP contribution < -0.4 is 10.6 Å². The Hall–Kier alpha value is -1.22. The molecule has 0 saturated heterocycles. The van der Waals surface area contributed by atoms with Crippen molar-refractivity contribution in [1.82, 2.24) is 10.6 Å². The molecule has 1 amide bonds. The molecule has 0 unspecified atom stereocenters. The molecular formula is C23H20Br4N2O2. The monoisotopic (exact) mass is 672 g/mol. The van der Waals surface area contributed by atoms with Crippen LogP contribution in [0.2, 0.25) is 0 Å². The lowest BCUT2D eigenvalue weighted by Crippen LogP contribution is -2.19. The molecule has 0 atom stereocenters. The van der Waals surface area contributed by atoms with Crippen molar-refractivity contribution < 1.29 is 9.59 Å². The summed E-state index contributed by atoms with van der Waals surface area (Å²) in [5.74, 6) is -0.319. The van der Waals surface area contributed by atoms with Crippen molar-refractivity contribution in [3.05, 3.63) is 75.6 Å². The van der Waals surface area contributed by atoms with Crippen molar-refractivity contribution in [1.29, 1.82) is 0 Å². The van der Waals surface area contributed by atoms with E-state index < -0.39 is 0 Å². The van der Waals surface area contributed by atoms with Gasteiger partial charge in [-0.05, 0) is 48.2 Å². The molecule has 4 nitrogen and oxygen atoms in total. The third kappa shape index (κ3) is 4.63. The van der Waals surface area contributed by atoms with E-state index in [-0.39, 0.29) is 5.91 Å². The predicted octanol–water partition coefficient (Wildman–Crippen LogP) is 6.53. The van der Waals surface area contributed by atoms with Gasteiger partial charge in [0.15, 0.2) is 6.29 Å². The minimum atomic E-state index is -0.319. The Balaban J connectivity index is 2.25. The Kier molecular flexibility index (Phi) is 8.00. The minimum absolute atomic E-state index is 0.319. The molecule has 0 spiro atoms. The molecule has 0 aliphatic carbocycles. The molecule has 0 fully saturated rings. The third-order valence-electron chi connectivity index (χ3n) is 5.19. The summed E-state index contributed by atoms with van der Waals surface area (Å²) in [4.78, 5) is 25.2. The van der Waals surface area contributed by atoms with Gasteiger partial charge in [0.2, 0.25) is 0 Å². The summed E-state index contributed by atoms with van der Waals surface area (Å²) < 4.78 is 3.71. The van der Waals surface area contributed by atoms with Crippen LogP contribution in [0.1, 0.15) is 36.1 Å². The van der Waals surface area contributed by atoms with Crippen molar-refractivity contribution in [2.45, 2.75) is 26.7 Å². The average molecular weight is 676 g/mol. The number of carbonyl (C=O) groups is 2. The maximum Gasteiger partial charge on any atom is 0.258 e. The van der Waals surface area contributed by atoms with Crippen LogP contribution in [0.25, 0.3) is 11.4 Å². The van der Waals surface area contributed by atoms with Gasteiger partial charge in [0.25, 0.3) is 5.91 Å². The van der Waals surface area contributed by atoms with Crippen LogP contribution in [-0.2, 0) is 22.4 Å². The molecule has 1 aliphatic heterocycles. The molecule has 1 aliphatic rings. The van der Waals surface area contributed by atoms with E-state index in [2.05, 4.69) is 88.2 Å². The lowest BCUT2D eigenvalue weighted by atomic mass is 9.98. The van der Waals surface area contributed by atoms with Crippen molar-refractivity contribution in [2.24, 2.45) is 0 Å². The molecule has 2 aromatic rings. The first kappa shape index (κ1) is 24.4. The second kappa shape index (κ2) is 10.1. The fourth-order valence-corrected chi connectivity index (χ4v) is 7.16. The molecule has 2 aromatic carbocycles. The Morgan fingerprint density at radius 2 is 1.42 bits per heavy atom. The fraction of sp³-hybridized carbons (Fsp3) is 0.217. The first-order chi connectivity index (χ1) is 14.8. The lowest BCUT2D eigenvalue weighted by molar-refractivity contribution is -0.116. The number of nitrogens with one attached hydrogen (secondary N) is 2. The number of hydrogen-bond acceptors (Lipinski definition) is 3. The molecule has 8 heteroatoms. The van der Waals surface area contributed by atoms with Crippen molar-refractivity contribution in [2.75, 3.05) is 7.05 Å². The summed E-state index contributed by atoms with van der Waals surface area (Å²) in [7, 11) is 1.74. The van der Waals surface area contributed by atoms with E-state index in [1.54, 1.807) is 7.05 Å². The molecule has 0 saturated carbocycles. The van der Waals surface area contributed by atoms with Crippen LogP contribution in [0.5, 0.6) is 0 Å². The van der Waals surface area contributed by atoms with E-state index in [1.807, 2.05) is 24.3 Å². The molecule has 0 aromatic heterocycles. The first-order valence-corrected chi connectivity index (χ1v) is 12.8. The molecule has 2 N–H and O–H groups in total. The summed E-state index contributed by atoms with van der Waals surface area (Å²) in [6.07, 6.45) is 2.44. The maximum atomic E-state index is 13.0. The van der Waals surface area contributed by atoms with Gasteiger partial charge < -0.3 is 10.6 Å². The Morgan fingerprint density at radius 1 is 0.935 bits per heavy atom. The van der Waals surface area contributed by atoms with E-state index in [4.69, 9.17) is 0 Å². The van der Waals surface area contributed by atoms with Gasteiger partial charge in [-0.25, -0.2) is 0 Å². The number of aldehydes is 1. The summed E-state index contributed by atoms with van der Waals surface area (Å²) in [6.45, 7) is 4.14. The normalized spacial score (nSPS) is 15.3. The van der Waals surface area contributed by atoms with Crippen LogP contribution in [-0.4, -0.2) is 19.2 Å². The summed E-state index contributed by atoms with van der Waals surface area (Å²) in [6, 6.07) is 7.76. The second-order valence-corrected chi connectivity index (χ2v) is 10.3. The average Bonchev–Trinajstić information content (AvgIpc) is 3.04. The van der Waals surface area contributed by atoms with Crippen LogP contribution in [0.4, 0.5) is 0 Å². The van der Waals surface area contributed by atoms with Gasteiger partial charge in [0.05, 0.1) is 22.5 Å². The quantitative estimate of drug-likeness (QED) is 0.271. The zero-order chi connectivity index (χ0) is 22.9. The number of amides is 1. The zero-order valence-corrected chi connectivity index (χ0v) is 23.5. The van der Waals surface area contributed by atoms with E-state index in [1.165, 1.54) is 0 Å². The molecule has 162 valence electrons. The summed E-state index contributed by atoms with van der Waals surface area (Å²) >= 11 is 14.4. The first-order valence-electron chi connectivity index (χ1n) is 9.67. The largest absolute Gasteiger partial charge is 0.387 e. The molecule has 3 rings (SSSR count). The Morgan fingerprint density at radius 3 is 1.84 bits per heavy atom. The third-order valence-corrected chi connectivity index (χ3v) is 8.02.